The lowest BCUT2D eigenvalue weighted by atomic mass is 10.1. The highest BCUT2D eigenvalue weighted by molar-refractivity contribution is 5.87. The summed E-state index contributed by atoms with van der Waals surface area (Å²) in [6.45, 7) is 7.39. The largest absolute Gasteiger partial charge is 0.461 e. The van der Waals surface area contributed by atoms with Gasteiger partial charge < -0.3 is 14.6 Å². The van der Waals surface area contributed by atoms with Crippen molar-refractivity contribution in [2.45, 2.75) is 26.8 Å². The van der Waals surface area contributed by atoms with Crippen LogP contribution in [0.1, 0.15) is 35.6 Å². The lowest BCUT2D eigenvalue weighted by Crippen LogP contribution is -2.46. The predicted octanol–water partition coefficient (Wildman–Crippen LogP) is 2.52. The van der Waals surface area contributed by atoms with Gasteiger partial charge in [0.05, 0.1) is 24.0 Å². The Labute approximate surface area is 185 Å². The minimum Gasteiger partial charge on any atom is -0.461 e. The number of ether oxygens (including phenoxy) is 1. The standard InChI is InChI=1S/C23H26FN5O3/c1-3-17-22(30)27-21-18(26-17)7-5-15(20(21)24)14-28-9-11-29(12-10-28)16-6-8-19(25-13-16)23(31)32-4-2/h5-8,13H,3-4,9-12,14H2,1-2H3,(H,27,30). The van der Waals surface area contributed by atoms with Gasteiger partial charge in [-0.05, 0) is 31.5 Å². The van der Waals surface area contributed by atoms with Gasteiger partial charge in [0.25, 0.3) is 5.56 Å². The van der Waals surface area contributed by atoms with Crippen LogP contribution in [0.25, 0.3) is 11.0 Å². The first-order valence-corrected chi connectivity index (χ1v) is 10.8. The fourth-order valence-electron chi connectivity index (χ4n) is 3.87. The van der Waals surface area contributed by atoms with E-state index in [1.165, 1.54) is 0 Å². The van der Waals surface area contributed by atoms with Crippen molar-refractivity contribution in [3.63, 3.8) is 0 Å². The molecule has 9 heteroatoms. The number of rotatable bonds is 6. The van der Waals surface area contributed by atoms with Crippen molar-refractivity contribution in [1.82, 2.24) is 19.9 Å². The van der Waals surface area contributed by atoms with Crippen molar-refractivity contribution < 1.29 is 13.9 Å². The molecule has 2 aromatic heterocycles. The second-order valence-electron chi connectivity index (χ2n) is 7.68. The van der Waals surface area contributed by atoms with E-state index in [4.69, 9.17) is 4.74 Å². The van der Waals surface area contributed by atoms with Crippen LogP contribution in [0, 0.1) is 5.82 Å². The Morgan fingerprint density at radius 2 is 1.94 bits per heavy atom. The highest BCUT2D eigenvalue weighted by Crippen LogP contribution is 2.21. The first-order chi connectivity index (χ1) is 15.5. The van der Waals surface area contributed by atoms with E-state index in [1.807, 2.05) is 13.0 Å². The number of aromatic amines is 1. The molecule has 4 rings (SSSR count). The van der Waals surface area contributed by atoms with Crippen molar-refractivity contribution >= 4 is 22.7 Å². The molecule has 0 bridgehead atoms. The van der Waals surface area contributed by atoms with Crippen LogP contribution in [0.4, 0.5) is 10.1 Å². The quantitative estimate of drug-likeness (QED) is 0.590. The Bertz CT molecular complexity index is 1170. The summed E-state index contributed by atoms with van der Waals surface area (Å²) in [6, 6.07) is 7.04. The maximum atomic E-state index is 15.0. The third-order valence-corrected chi connectivity index (χ3v) is 5.65. The van der Waals surface area contributed by atoms with Gasteiger partial charge in [0, 0.05) is 38.3 Å². The number of aromatic nitrogens is 3. The summed E-state index contributed by atoms with van der Waals surface area (Å²) in [7, 11) is 0. The number of fused-ring (bicyclic) bond motifs is 1. The van der Waals surface area contributed by atoms with Gasteiger partial charge in [-0.3, -0.25) is 9.69 Å². The van der Waals surface area contributed by atoms with Crippen molar-refractivity contribution in [1.29, 1.82) is 0 Å². The van der Waals surface area contributed by atoms with Gasteiger partial charge in [0.2, 0.25) is 0 Å². The third kappa shape index (κ3) is 4.47. The van der Waals surface area contributed by atoms with Crippen molar-refractivity contribution in [3.8, 4) is 0 Å². The van der Waals surface area contributed by atoms with E-state index in [-0.39, 0.29) is 11.1 Å². The predicted molar refractivity (Wildman–Crippen MR) is 119 cm³/mol. The number of halogens is 1. The number of piperazine rings is 1. The Kier molecular flexibility index (Phi) is 6.45. The molecule has 1 N–H and O–H groups in total. The fourth-order valence-corrected chi connectivity index (χ4v) is 3.87. The van der Waals surface area contributed by atoms with Crippen LogP contribution in [-0.2, 0) is 17.7 Å². The minimum absolute atomic E-state index is 0.163. The SMILES string of the molecule is CCOC(=O)c1ccc(N2CCN(Cc3ccc4nc(CC)c(=O)[nH]c4c3F)CC2)cn1. The molecule has 0 unspecified atom stereocenters. The molecule has 8 nitrogen and oxygen atoms in total. The number of nitrogens with zero attached hydrogens (tertiary/aromatic N) is 4. The number of carbonyl (C=O) groups excluding carboxylic acids is 1. The number of hydrogen-bond donors (Lipinski definition) is 1. The van der Waals surface area contributed by atoms with Gasteiger partial charge in [0.15, 0.2) is 5.82 Å². The maximum Gasteiger partial charge on any atom is 0.356 e. The number of esters is 1. The first kappa shape index (κ1) is 21.9. The molecule has 1 saturated heterocycles. The molecular weight excluding hydrogens is 413 g/mol. The molecule has 0 atom stereocenters. The zero-order valence-corrected chi connectivity index (χ0v) is 18.2. The molecule has 1 aliphatic rings. The Morgan fingerprint density at radius 3 is 2.59 bits per heavy atom. The molecular formula is C23H26FN5O3. The molecule has 3 aromatic rings. The lowest BCUT2D eigenvalue weighted by Gasteiger charge is -2.36. The van der Waals surface area contributed by atoms with Crippen molar-refractivity contribution in [2.24, 2.45) is 0 Å². The average molecular weight is 439 g/mol. The molecule has 0 saturated carbocycles. The average Bonchev–Trinajstić information content (AvgIpc) is 2.82. The van der Waals surface area contributed by atoms with Gasteiger partial charge in [-0.15, -0.1) is 0 Å². The van der Waals surface area contributed by atoms with Crippen LogP contribution in [0.5, 0.6) is 0 Å². The number of anilines is 1. The molecule has 3 heterocycles. The Morgan fingerprint density at radius 1 is 1.16 bits per heavy atom. The summed E-state index contributed by atoms with van der Waals surface area (Å²) in [5.41, 5.74) is 2.46. The van der Waals surface area contributed by atoms with Gasteiger partial charge in [-0.25, -0.2) is 19.2 Å². The fraction of sp³-hybridized carbons (Fsp3) is 0.391. The summed E-state index contributed by atoms with van der Waals surface area (Å²) in [6.07, 6.45) is 2.18. The van der Waals surface area contributed by atoms with Crippen molar-refractivity contribution in [3.05, 3.63) is 63.6 Å². The highest BCUT2D eigenvalue weighted by Gasteiger charge is 2.20. The van der Waals surface area contributed by atoms with E-state index >= 15 is 4.39 Å². The van der Waals surface area contributed by atoms with E-state index in [2.05, 4.69) is 24.8 Å². The topological polar surface area (TPSA) is 91.4 Å². The number of hydrogen-bond acceptors (Lipinski definition) is 7. The zero-order valence-electron chi connectivity index (χ0n) is 18.2. The molecule has 0 aliphatic carbocycles. The number of H-pyrrole nitrogens is 1. The minimum atomic E-state index is -0.427. The normalized spacial score (nSPS) is 14.7. The van der Waals surface area contributed by atoms with E-state index in [1.54, 1.807) is 31.3 Å². The van der Waals surface area contributed by atoms with Crippen LogP contribution in [0.2, 0.25) is 0 Å². The molecule has 1 fully saturated rings. The first-order valence-electron chi connectivity index (χ1n) is 10.8. The molecule has 168 valence electrons. The molecule has 0 spiro atoms. The van der Waals surface area contributed by atoms with Crippen molar-refractivity contribution in [2.75, 3.05) is 37.7 Å². The van der Waals surface area contributed by atoms with Crippen LogP contribution >= 0.6 is 0 Å². The van der Waals surface area contributed by atoms with E-state index < -0.39 is 11.8 Å². The number of carbonyl (C=O) groups is 1. The van der Waals surface area contributed by atoms with Gasteiger partial charge >= 0.3 is 5.97 Å². The molecule has 0 radical (unpaired) electrons. The molecule has 32 heavy (non-hydrogen) atoms. The molecule has 0 amide bonds. The number of nitrogens with one attached hydrogen (secondary N) is 1. The zero-order chi connectivity index (χ0) is 22.7. The van der Waals surface area contributed by atoms with E-state index in [0.717, 1.165) is 31.9 Å². The van der Waals surface area contributed by atoms with Gasteiger partial charge in [-0.1, -0.05) is 13.0 Å². The van der Waals surface area contributed by atoms with Crippen LogP contribution < -0.4 is 10.5 Å². The van der Waals surface area contributed by atoms with E-state index in [9.17, 15) is 9.59 Å². The highest BCUT2D eigenvalue weighted by atomic mass is 19.1. The third-order valence-electron chi connectivity index (χ3n) is 5.65. The van der Waals surface area contributed by atoms with Crippen LogP contribution in [0.15, 0.2) is 35.3 Å². The number of pyridine rings is 1. The summed E-state index contributed by atoms with van der Waals surface area (Å²) < 4.78 is 20.0. The second-order valence-corrected chi connectivity index (χ2v) is 7.68. The monoisotopic (exact) mass is 439 g/mol. The Balaban J connectivity index is 1.41. The number of benzene rings is 1. The Hall–Kier alpha value is -3.33. The summed E-state index contributed by atoms with van der Waals surface area (Å²) in [4.78, 5) is 39.3. The molecule has 1 aromatic carbocycles. The summed E-state index contributed by atoms with van der Waals surface area (Å²) in [5.74, 6) is -0.848. The molecule has 1 aliphatic heterocycles. The van der Waals surface area contributed by atoms with Gasteiger partial charge in [0.1, 0.15) is 16.9 Å². The van der Waals surface area contributed by atoms with E-state index in [0.29, 0.717) is 42.0 Å². The summed E-state index contributed by atoms with van der Waals surface area (Å²) >= 11 is 0. The summed E-state index contributed by atoms with van der Waals surface area (Å²) in [5, 5.41) is 0. The maximum absolute atomic E-state index is 15.0. The number of aryl methyl sites for hydroxylation is 1. The lowest BCUT2D eigenvalue weighted by molar-refractivity contribution is 0.0519. The van der Waals surface area contributed by atoms with Gasteiger partial charge in [-0.2, -0.15) is 0 Å². The van der Waals surface area contributed by atoms with Crippen LogP contribution in [-0.4, -0.2) is 58.6 Å². The smallest absolute Gasteiger partial charge is 0.356 e. The van der Waals surface area contributed by atoms with Crippen LogP contribution in [0.3, 0.4) is 0 Å². The second kappa shape index (κ2) is 9.44.